The zero-order valence-electron chi connectivity index (χ0n) is 12.2. The molecule has 0 atom stereocenters. The molecule has 0 aliphatic heterocycles. The van der Waals surface area contributed by atoms with E-state index in [4.69, 9.17) is 14.8 Å². The van der Waals surface area contributed by atoms with Crippen molar-refractivity contribution in [1.29, 1.82) is 0 Å². The summed E-state index contributed by atoms with van der Waals surface area (Å²) in [5.74, 6) is -0.205. The fourth-order valence-electron chi connectivity index (χ4n) is 1.52. The SMILES string of the molecule is CC(C)(C)COCCNC(=O)c1ccc(B(O)O)cc1. The van der Waals surface area contributed by atoms with Gasteiger partial charge in [0.15, 0.2) is 0 Å². The van der Waals surface area contributed by atoms with E-state index in [0.29, 0.717) is 30.8 Å². The molecule has 6 heteroatoms. The van der Waals surface area contributed by atoms with Gasteiger partial charge in [-0.25, -0.2) is 0 Å². The van der Waals surface area contributed by atoms with E-state index in [1.54, 1.807) is 12.1 Å². The zero-order valence-corrected chi connectivity index (χ0v) is 12.2. The molecular formula is C14H22BNO4. The topological polar surface area (TPSA) is 78.8 Å². The summed E-state index contributed by atoms with van der Waals surface area (Å²) < 4.78 is 5.45. The van der Waals surface area contributed by atoms with Crippen molar-refractivity contribution in [2.45, 2.75) is 20.8 Å². The molecule has 0 aliphatic rings. The molecular weight excluding hydrogens is 257 g/mol. The number of rotatable bonds is 6. The van der Waals surface area contributed by atoms with E-state index >= 15 is 0 Å². The molecule has 0 fully saturated rings. The molecule has 0 bridgehead atoms. The second-order valence-corrected chi connectivity index (χ2v) is 5.86. The molecule has 0 unspecified atom stereocenters. The monoisotopic (exact) mass is 279 g/mol. The fourth-order valence-corrected chi connectivity index (χ4v) is 1.52. The van der Waals surface area contributed by atoms with Gasteiger partial charge in [-0.1, -0.05) is 32.9 Å². The maximum absolute atomic E-state index is 11.8. The van der Waals surface area contributed by atoms with Crippen LogP contribution in [0.1, 0.15) is 31.1 Å². The van der Waals surface area contributed by atoms with E-state index in [-0.39, 0.29) is 11.3 Å². The fraction of sp³-hybridized carbons (Fsp3) is 0.500. The van der Waals surface area contributed by atoms with Crippen molar-refractivity contribution in [3.63, 3.8) is 0 Å². The van der Waals surface area contributed by atoms with Gasteiger partial charge in [-0.15, -0.1) is 0 Å². The van der Waals surface area contributed by atoms with Crippen molar-refractivity contribution in [3.05, 3.63) is 29.8 Å². The number of carbonyl (C=O) groups excluding carboxylic acids is 1. The highest BCUT2D eigenvalue weighted by atomic mass is 16.5. The Balaban J connectivity index is 2.32. The Morgan fingerprint density at radius 2 is 1.85 bits per heavy atom. The molecule has 1 amide bonds. The van der Waals surface area contributed by atoms with Gasteiger partial charge in [0, 0.05) is 12.1 Å². The zero-order chi connectivity index (χ0) is 15.2. The van der Waals surface area contributed by atoms with Gasteiger partial charge in [0.25, 0.3) is 5.91 Å². The minimum absolute atomic E-state index is 0.116. The molecule has 110 valence electrons. The summed E-state index contributed by atoms with van der Waals surface area (Å²) in [6.45, 7) is 7.82. The van der Waals surface area contributed by atoms with E-state index in [1.807, 2.05) is 0 Å². The molecule has 0 spiro atoms. The van der Waals surface area contributed by atoms with Gasteiger partial charge in [-0.3, -0.25) is 4.79 Å². The van der Waals surface area contributed by atoms with E-state index in [0.717, 1.165) is 0 Å². The van der Waals surface area contributed by atoms with Gasteiger partial charge in [0.05, 0.1) is 13.2 Å². The summed E-state index contributed by atoms with van der Waals surface area (Å²) in [6.07, 6.45) is 0. The van der Waals surface area contributed by atoms with Crippen LogP contribution >= 0.6 is 0 Å². The Bertz CT molecular complexity index is 426. The number of benzene rings is 1. The first-order valence-corrected chi connectivity index (χ1v) is 6.62. The van der Waals surface area contributed by atoms with Crippen molar-refractivity contribution in [2.75, 3.05) is 19.8 Å². The van der Waals surface area contributed by atoms with Gasteiger partial charge < -0.3 is 20.1 Å². The van der Waals surface area contributed by atoms with Crippen LogP contribution in [0.2, 0.25) is 0 Å². The summed E-state index contributed by atoms with van der Waals surface area (Å²) in [4.78, 5) is 11.8. The minimum atomic E-state index is -1.52. The van der Waals surface area contributed by atoms with Crippen LogP contribution < -0.4 is 10.8 Å². The molecule has 20 heavy (non-hydrogen) atoms. The molecule has 1 aromatic rings. The first-order valence-electron chi connectivity index (χ1n) is 6.62. The molecule has 0 radical (unpaired) electrons. The Hall–Kier alpha value is -1.37. The van der Waals surface area contributed by atoms with Gasteiger partial charge in [0.2, 0.25) is 0 Å². The maximum Gasteiger partial charge on any atom is 0.488 e. The Morgan fingerprint density at radius 1 is 1.25 bits per heavy atom. The summed E-state index contributed by atoms with van der Waals surface area (Å²) >= 11 is 0. The van der Waals surface area contributed by atoms with Crippen molar-refractivity contribution < 1.29 is 19.6 Å². The average Bonchev–Trinajstić information content (AvgIpc) is 2.37. The van der Waals surface area contributed by atoms with Crippen LogP contribution in [0.4, 0.5) is 0 Å². The molecule has 0 heterocycles. The molecule has 5 nitrogen and oxygen atoms in total. The number of carbonyl (C=O) groups is 1. The first kappa shape index (κ1) is 16.7. The van der Waals surface area contributed by atoms with E-state index in [2.05, 4.69) is 26.1 Å². The van der Waals surface area contributed by atoms with Crippen LogP contribution in [0.5, 0.6) is 0 Å². The molecule has 0 aromatic heterocycles. The third-order valence-corrected chi connectivity index (χ3v) is 2.54. The lowest BCUT2D eigenvalue weighted by molar-refractivity contribution is 0.0695. The Labute approximate surface area is 120 Å². The summed E-state index contributed by atoms with van der Waals surface area (Å²) in [6, 6.07) is 6.13. The highest BCUT2D eigenvalue weighted by molar-refractivity contribution is 6.58. The lowest BCUT2D eigenvalue weighted by Gasteiger charge is -2.18. The molecule has 0 aliphatic carbocycles. The summed E-state index contributed by atoms with van der Waals surface area (Å²) in [5, 5.41) is 20.7. The van der Waals surface area contributed by atoms with Crippen molar-refractivity contribution in [2.24, 2.45) is 5.41 Å². The number of ether oxygens (including phenoxy) is 1. The van der Waals surface area contributed by atoms with Gasteiger partial charge in [-0.2, -0.15) is 0 Å². The predicted octanol–water partition coefficient (Wildman–Crippen LogP) is 0.159. The normalized spacial score (nSPS) is 11.2. The van der Waals surface area contributed by atoms with Gasteiger partial charge in [-0.05, 0) is 23.0 Å². The van der Waals surface area contributed by atoms with Crippen molar-refractivity contribution in [1.82, 2.24) is 5.32 Å². The number of nitrogens with one attached hydrogen (secondary N) is 1. The molecule has 0 saturated heterocycles. The molecule has 3 N–H and O–H groups in total. The largest absolute Gasteiger partial charge is 0.488 e. The second-order valence-electron chi connectivity index (χ2n) is 5.86. The highest BCUT2D eigenvalue weighted by Gasteiger charge is 2.12. The third-order valence-electron chi connectivity index (χ3n) is 2.54. The first-order chi connectivity index (χ1) is 9.29. The van der Waals surface area contributed by atoms with Gasteiger partial charge >= 0.3 is 7.12 Å². The summed E-state index contributed by atoms with van der Waals surface area (Å²) in [5.41, 5.74) is 0.950. The van der Waals surface area contributed by atoms with Crippen LogP contribution in [-0.4, -0.2) is 42.8 Å². The second kappa shape index (κ2) is 7.43. The van der Waals surface area contributed by atoms with Crippen LogP contribution in [-0.2, 0) is 4.74 Å². The van der Waals surface area contributed by atoms with Crippen LogP contribution in [0, 0.1) is 5.41 Å². The maximum atomic E-state index is 11.8. The van der Waals surface area contributed by atoms with E-state index < -0.39 is 7.12 Å². The third kappa shape index (κ3) is 6.19. The molecule has 1 rings (SSSR count). The van der Waals surface area contributed by atoms with Crippen molar-refractivity contribution >= 4 is 18.5 Å². The number of amides is 1. The number of hydrogen-bond donors (Lipinski definition) is 3. The van der Waals surface area contributed by atoms with E-state index in [1.165, 1.54) is 12.1 Å². The van der Waals surface area contributed by atoms with Crippen LogP contribution in [0.3, 0.4) is 0 Å². The van der Waals surface area contributed by atoms with E-state index in [9.17, 15) is 4.79 Å². The number of hydrogen-bond acceptors (Lipinski definition) is 4. The predicted molar refractivity (Wildman–Crippen MR) is 78.9 cm³/mol. The Morgan fingerprint density at radius 3 is 2.35 bits per heavy atom. The molecule has 0 saturated carbocycles. The highest BCUT2D eigenvalue weighted by Crippen LogP contribution is 2.12. The lowest BCUT2D eigenvalue weighted by Crippen LogP contribution is -2.31. The minimum Gasteiger partial charge on any atom is -0.423 e. The van der Waals surface area contributed by atoms with Gasteiger partial charge in [0.1, 0.15) is 0 Å². The lowest BCUT2D eigenvalue weighted by atomic mass is 9.80. The Kier molecular flexibility index (Phi) is 6.20. The average molecular weight is 279 g/mol. The van der Waals surface area contributed by atoms with Crippen LogP contribution in [0.15, 0.2) is 24.3 Å². The van der Waals surface area contributed by atoms with Crippen molar-refractivity contribution in [3.8, 4) is 0 Å². The summed E-state index contributed by atoms with van der Waals surface area (Å²) in [7, 11) is -1.52. The van der Waals surface area contributed by atoms with Crippen LogP contribution in [0.25, 0.3) is 0 Å². The smallest absolute Gasteiger partial charge is 0.423 e. The quantitative estimate of drug-likeness (QED) is 0.512. The standard InChI is InChI=1S/C14H22BNO4/c1-14(2,3)10-20-9-8-16-13(17)11-4-6-12(7-5-11)15(18)19/h4-7,18-19H,8-10H2,1-3H3,(H,16,17). The molecule has 1 aromatic carbocycles.